The van der Waals surface area contributed by atoms with Crippen molar-refractivity contribution in [3.63, 3.8) is 0 Å². The lowest BCUT2D eigenvalue weighted by molar-refractivity contribution is 0.318. The molecular weight excluding hydrogens is 257 g/mol. The molecule has 3 nitrogen and oxygen atoms in total. The second-order valence-electron chi connectivity index (χ2n) is 4.55. The molecule has 0 fully saturated rings. The highest BCUT2D eigenvalue weighted by molar-refractivity contribution is 5.51. The topological polar surface area (TPSA) is 41.5 Å². The molecule has 0 heterocycles. The van der Waals surface area contributed by atoms with Crippen molar-refractivity contribution in [3.05, 3.63) is 53.3 Å². The second-order valence-corrected chi connectivity index (χ2v) is 4.55. The minimum atomic E-state index is -0.265. The first kappa shape index (κ1) is 14.2. The van der Waals surface area contributed by atoms with Gasteiger partial charge in [0.15, 0.2) is 11.5 Å². The Morgan fingerprint density at radius 3 is 2.75 bits per heavy atom. The van der Waals surface area contributed by atoms with Crippen LogP contribution in [0, 0.1) is 12.7 Å². The van der Waals surface area contributed by atoms with E-state index in [0.29, 0.717) is 18.9 Å². The minimum absolute atomic E-state index is 0.123. The average Bonchev–Trinajstić information content (AvgIpc) is 2.43. The van der Waals surface area contributed by atoms with Gasteiger partial charge in [-0.25, -0.2) is 4.39 Å². The number of rotatable bonds is 5. The number of nitrogens with one attached hydrogen (secondary N) is 1. The number of ether oxygens (including phenoxy) is 1. The van der Waals surface area contributed by atoms with Gasteiger partial charge >= 0.3 is 0 Å². The van der Waals surface area contributed by atoms with Crippen LogP contribution >= 0.6 is 0 Å². The number of halogens is 1. The fourth-order valence-electron chi connectivity index (χ4n) is 1.92. The van der Waals surface area contributed by atoms with Crippen molar-refractivity contribution >= 4 is 5.69 Å². The minimum Gasteiger partial charge on any atom is -0.504 e. The number of aryl methyl sites for hydroxylation is 1. The zero-order chi connectivity index (χ0) is 14.5. The number of aromatic hydroxyl groups is 1. The van der Waals surface area contributed by atoms with Gasteiger partial charge in [-0.1, -0.05) is 12.1 Å². The molecule has 20 heavy (non-hydrogen) atoms. The molecule has 0 saturated carbocycles. The molecule has 0 saturated heterocycles. The van der Waals surface area contributed by atoms with Gasteiger partial charge < -0.3 is 15.2 Å². The van der Waals surface area contributed by atoms with Crippen LogP contribution in [0.15, 0.2) is 36.4 Å². The molecule has 0 aliphatic rings. The molecule has 0 aliphatic carbocycles. The van der Waals surface area contributed by atoms with Crippen molar-refractivity contribution < 1.29 is 14.2 Å². The van der Waals surface area contributed by atoms with E-state index in [4.69, 9.17) is 4.74 Å². The predicted molar refractivity (Wildman–Crippen MR) is 77.7 cm³/mol. The van der Waals surface area contributed by atoms with Gasteiger partial charge in [-0.2, -0.15) is 0 Å². The number of hydrogen-bond donors (Lipinski definition) is 2. The van der Waals surface area contributed by atoms with Crippen LogP contribution in [-0.2, 0) is 6.54 Å². The molecule has 0 aromatic heterocycles. The van der Waals surface area contributed by atoms with Crippen LogP contribution in [-0.4, -0.2) is 11.7 Å². The lowest BCUT2D eigenvalue weighted by Gasteiger charge is -2.12. The van der Waals surface area contributed by atoms with Crippen molar-refractivity contribution in [2.75, 3.05) is 11.9 Å². The summed E-state index contributed by atoms with van der Waals surface area (Å²) < 4.78 is 18.5. The van der Waals surface area contributed by atoms with Gasteiger partial charge in [-0.15, -0.1) is 0 Å². The van der Waals surface area contributed by atoms with E-state index in [0.717, 1.165) is 16.8 Å². The van der Waals surface area contributed by atoms with Crippen LogP contribution in [0.25, 0.3) is 0 Å². The third kappa shape index (κ3) is 3.41. The van der Waals surface area contributed by atoms with Crippen molar-refractivity contribution in [3.8, 4) is 11.5 Å². The Morgan fingerprint density at radius 1 is 1.20 bits per heavy atom. The van der Waals surface area contributed by atoms with Crippen molar-refractivity contribution in [2.24, 2.45) is 0 Å². The summed E-state index contributed by atoms with van der Waals surface area (Å²) in [4.78, 5) is 0. The van der Waals surface area contributed by atoms with Crippen LogP contribution in [0.1, 0.15) is 18.1 Å². The third-order valence-corrected chi connectivity index (χ3v) is 3.01. The summed E-state index contributed by atoms with van der Waals surface area (Å²) in [7, 11) is 0. The Labute approximate surface area is 118 Å². The molecule has 0 bridgehead atoms. The molecule has 0 atom stereocenters. The van der Waals surface area contributed by atoms with Crippen LogP contribution < -0.4 is 10.1 Å². The summed E-state index contributed by atoms with van der Waals surface area (Å²) in [6.07, 6.45) is 0. The van der Waals surface area contributed by atoms with Gasteiger partial charge in [0.1, 0.15) is 5.82 Å². The summed E-state index contributed by atoms with van der Waals surface area (Å²) in [6.45, 7) is 4.81. The van der Waals surface area contributed by atoms with Crippen LogP contribution in [0.3, 0.4) is 0 Å². The number of hydrogen-bond acceptors (Lipinski definition) is 3. The quantitative estimate of drug-likeness (QED) is 0.871. The van der Waals surface area contributed by atoms with Crippen LogP contribution in [0.4, 0.5) is 10.1 Å². The van der Waals surface area contributed by atoms with Gasteiger partial charge in [-0.05, 0) is 49.2 Å². The summed E-state index contributed by atoms with van der Waals surface area (Å²) >= 11 is 0. The molecule has 0 amide bonds. The largest absolute Gasteiger partial charge is 0.504 e. The molecule has 4 heteroatoms. The van der Waals surface area contributed by atoms with Crippen LogP contribution in [0.2, 0.25) is 0 Å². The third-order valence-electron chi connectivity index (χ3n) is 3.01. The fourth-order valence-corrected chi connectivity index (χ4v) is 1.92. The van der Waals surface area contributed by atoms with E-state index in [1.165, 1.54) is 12.1 Å². The average molecular weight is 275 g/mol. The van der Waals surface area contributed by atoms with Gasteiger partial charge in [0.25, 0.3) is 0 Å². The Morgan fingerprint density at radius 2 is 2.00 bits per heavy atom. The molecule has 2 aromatic rings. The van der Waals surface area contributed by atoms with Crippen molar-refractivity contribution in [1.29, 1.82) is 0 Å². The summed E-state index contributed by atoms with van der Waals surface area (Å²) in [6, 6.07) is 9.83. The summed E-state index contributed by atoms with van der Waals surface area (Å²) in [5.74, 6) is 0.319. The maximum Gasteiger partial charge on any atom is 0.161 e. The van der Waals surface area contributed by atoms with E-state index in [1.54, 1.807) is 24.3 Å². The van der Waals surface area contributed by atoms with E-state index < -0.39 is 0 Å². The van der Waals surface area contributed by atoms with E-state index in [-0.39, 0.29) is 11.6 Å². The Bertz CT molecular complexity index is 599. The SMILES string of the molecule is CCOc1cc(CNc2cc(F)ccc2C)ccc1O. The first-order valence-electron chi connectivity index (χ1n) is 6.55. The van der Waals surface area contributed by atoms with Crippen LogP contribution in [0.5, 0.6) is 11.5 Å². The Balaban J connectivity index is 2.10. The number of benzene rings is 2. The van der Waals surface area contributed by atoms with E-state index in [9.17, 15) is 9.50 Å². The maximum atomic E-state index is 13.2. The first-order valence-corrected chi connectivity index (χ1v) is 6.55. The zero-order valence-corrected chi connectivity index (χ0v) is 11.6. The smallest absolute Gasteiger partial charge is 0.161 e. The monoisotopic (exact) mass is 275 g/mol. The molecule has 0 radical (unpaired) electrons. The Hall–Kier alpha value is -2.23. The molecule has 0 unspecified atom stereocenters. The number of anilines is 1. The molecule has 2 aromatic carbocycles. The molecule has 0 spiro atoms. The standard InChI is InChI=1S/C16H18FNO2/c1-3-20-16-8-12(5-7-15(16)19)10-18-14-9-13(17)6-4-11(14)2/h4-9,18-19H,3,10H2,1-2H3. The van der Waals surface area contributed by atoms with Gasteiger partial charge in [-0.3, -0.25) is 0 Å². The maximum absolute atomic E-state index is 13.2. The highest BCUT2D eigenvalue weighted by Crippen LogP contribution is 2.27. The van der Waals surface area contributed by atoms with E-state index in [2.05, 4.69) is 5.32 Å². The lowest BCUT2D eigenvalue weighted by Crippen LogP contribution is -2.02. The molecule has 2 N–H and O–H groups in total. The highest BCUT2D eigenvalue weighted by atomic mass is 19.1. The van der Waals surface area contributed by atoms with Crippen molar-refractivity contribution in [1.82, 2.24) is 0 Å². The van der Waals surface area contributed by atoms with Gasteiger partial charge in [0.05, 0.1) is 6.61 Å². The number of phenolic OH excluding ortho intramolecular Hbond substituents is 1. The number of phenols is 1. The van der Waals surface area contributed by atoms with E-state index in [1.807, 2.05) is 13.8 Å². The summed E-state index contributed by atoms with van der Waals surface area (Å²) in [5, 5.41) is 12.8. The molecular formula is C16H18FNO2. The molecule has 2 rings (SSSR count). The van der Waals surface area contributed by atoms with E-state index >= 15 is 0 Å². The second kappa shape index (κ2) is 6.28. The lowest BCUT2D eigenvalue weighted by atomic mass is 10.1. The van der Waals surface area contributed by atoms with Crippen molar-refractivity contribution in [2.45, 2.75) is 20.4 Å². The molecule has 0 aliphatic heterocycles. The fraction of sp³-hybridized carbons (Fsp3) is 0.250. The van der Waals surface area contributed by atoms with Gasteiger partial charge in [0.2, 0.25) is 0 Å². The predicted octanol–water partition coefficient (Wildman–Crippen LogP) is 3.85. The zero-order valence-electron chi connectivity index (χ0n) is 11.6. The normalized spacial score (nSPS) is 10.3. The molecule has 106 valence electrons. The summed E-state index contributed by atoms with van der Waals surface area (Å²) in [5.41, 5.74) is 2.70. The van der Waals surface area contributed by atoms with Gasteiger partial charge in [0, 0.05) is 12.2 Å². The highest BCUT2D eigenvalue weighted by Gasteiger charge is 2.05. The Kier molecular flexibility index (Phi) is 4.45. The first-order chi connectivity index (χ1) is 9.60.